The lowest BCUT2D eigenvalue weighted by Gasteiger charge is -2.19. The fraction of sp³-hybridized carbons (Fsp3) is 0.750. The first-order chi connectivity index (χ1) is 18.6. The number of amides is 3. The second-order valence-electron chi connectivity index (χ2n) is 8.53. The smallest absolute Gasteiger partial charge is 0.326 e. The van der Waals surface area contributed by atoms with Gasteiger partial charge in [0.25, 0.3) is 0 Å². The number of hydrogen-bond acceptors (Lipinski definition) is 10. The number of carbonyl (C=O) groups excluding carboxylic acids is 4. The molecule has 0 aromatic heterocycles. The van der Waals surface area contributed by atoms with E-state index >= 15 is 0 Å². The molecule has 0 saturated heterocycles. The van der Waals surface area contributed by atoms with E-state index in [-0.39, 0.29) is 64.7 Å². The molecule has 0 spiro atoms. The van der Waals surface area contributed by atoms with Gasteiger partial charge in [-0.3, -0.25) is 19.2 Å². The molecule has 0 saturated carbocycles. The van der Waals surface area contributed by atoms with Gasteiger partial charge in [-0.25, -0.2) is 4.79 Å². The molecule has 0 aromatic rings. The number of aldehydes is 1. The van der Waals surface area contributed by atoms with Gasteiger partial charge in [0.05, 0.1) is 45.6 Å². The third-order valence-electron chi connectivity index (χ3n) is 5.15. The first-order valence-electron chi connectivity index (χ1n) is 12.6. The fourth-order valence-electron chi connectivity index (χ4n) is 2.99. The van der Waals surface area contributed by atoms with Crippen molar-refractivity contribution in [2.45, 2.75) is 39.2 Å². The normalized spacial score (nSPS) is 13.1. The summed E-state index contributed by atoms with van der Waals surface area (Å²) in [6.45, 7) is 4.75. The van der Waals surface area contributed by atoms with Crippen LogP contribution in [0.1, 0.15) is 33.1 Å². The van der Waals surface area contributed by atoms with E-state index in [9.17, 15) is 33.9 Å². The van der Waals surface area contributed by atoms with Crippen molar-refractivity contribution in [3.63, 3.8) is 0 Å². The molecule has 224 valence electrons. The van der Waals surface area contributed by atoms with E-state index in [0.717, 1.165) is 0 Å². The standard InChI is InChI=1S/C24H41N3O12/c1-17(15-18(2)23(32)33)22(31)27-19(24(34)35)3-4-20(29)25-5-8-37-13-14-39-16-21(30)26-6-9-36-11-12-38-10-7-28/h7,17-19H,3-6,8-16H2,1-2H3,(H,25,29)(H,26,30)(H,27,31)(H,32,33)(H,34,35)/t17?,18?,19-/m0/s1. The largest absolute Gasteiger partial charge is 0.481 e. The molecule has 3 atom stereocenters. The topological polar surface area (TPSA) is 216 Å². The number of hydrogen-bond donors (Lipinski definition) is 5. The number of carboxylic acid groups (broad SMARTS) is 2. The Morgan fingerprint density at radius 1 is 0.744 bits per heavy atom. The number of aliphatic carboxylic acids is 2. The van der Waals surface area contributed by atoms with E-state index in [1.54, 1.807) is 0 Å². The molecule has 39 heavy (non-hydrogen) atoms. The minimum Gasteiger partial charge on any atom is -0.481 e. The van der Waals surface area contributed by atoms with Crippen molar-refractivity contribution in [2.75, 3.05) is 65.9 Å². The summed E-state index contributed by atoms with van der Waals surface area (Å²) in [5, 5.41) is 25.8. The minimum absolute atomic E-state index is 0.0205. The van der Waals surface area contributed by atoms with E-state index < -0.39 is 41.6 Å². The molecule has 0 radical (unpaired) electrons. The van der Waals surface area contributed by atoms with Gasteiger partial charge in [0.15, 0.2) is 0 Å². The van der Waals surface area contributed by atoms with Crippen LogP contribution < -0.4 is 16.0 Å². The lowest BCUT2D eigenvalue weighted by atomic mass is 9.96. The first-order valence-corrected chi connectivity index (χ1v) is 12.6. The highest BCUT2D eigenvalue weighted by molar-refractivity contribution is 5.86. The maximum absolute atomic E-state index is 12.2. The van der Waals surface area contributed by atoms with E-state index in [1.807, 2.05) is 0 Å². The summed E-state index contributed by atoms with van der Waals surface area (Å²) in [7, 11) is 0. The van der Waals surface area contributed by atoms with Gasteiger partial charge in [-0.2, -0.15) is 0 Å². The van der Waals surface area contributed by atoms with Crippen molar-refractivity contribution >= 4 is 35.9 Å². The molecule has 0 bridgehead atoms. The molecule has 15 nitrogen and oxygen atoms in total. The predicted molar refractivity (Wildman–Crippen MR) is 135 cm³/mol. The van der Waals surface area contributed by atoms with Gasteiger partial charge in [-0.15, -0.1) is 0 Å². The Morgan fingerprint density at radius 3 is 1.87 bits per heavy atom. The Bertz CT molecular complexity index is 765. The molecule has 0 aliphatic heterocycles. The average molecular weight is 564 g/mol. The Hall–Kier alpha value is -3.14. The second kappa shape index (κ2) is 22.8. The zero-order chi connectivity index (χ0) is 29.5. The molecular formula is C24H41N3O12. The summed E-state index contributed by atoms with van der Waals surface area (Å²) in [5.74, 6) is -5.12. The molecule has 5 N–H and O–H groups in total. The number of nitrogens with one attached hydrogen (secondary N) is 3. The minimum atomic E-state index is -1.29. The highest BCUT2D eigenvalue weighted by atomic mass is 16.5. The van der Waals surface area contributed by atoms with Gasteiger partial charge >= 0.3 is 11.9 Å². The van der Waals surface area contributed by atoms with Gasteiger partial charge in [0.1, 0.15) is 25.5 Å². The lowest BCUT2D eigenvalue weighted by molar-refractivity contribution is -0.144. The molecule has 15 heteroatoms. The maximum Gasteiger partial charge on any atom is 0.326 e. The Labute approximate surface area is 227 Å². The van der Waals surface area contributed by atoms with Gasteiger partial charge < -0.3 is 49.9 Å². The van der Waals surface area contributed by atoms with Crippen LogP contribution in [0.2, 0.25) is 0 Å². The summed E-state index contributed by atoms with van der Waals surface area (Å²) < 4.78 is 20.6. The van der Waals surface area contributed by atoms with E-state index in [0.29, 0.717) is 32.7 Å². The molecular weight excluding hydrogens is 522 g/mol. The second-order valence-corrected chi connectivity index (χ2v) is 8.53. The average Bonchev–Trinajstić information content (AvgIpc) is 2.88. The fourth-order valence-corrected chi connectivity index (χ4v) is 2.99. The number of ether oxygens (including phenoxy) is 4. The van der Waals surface area contributed by atoms with Crippen LogP contribution in [0, 0.1) is 11.8 Å². The SMILES string of the molecule is CC(CC(C)C(=O)N[C@@H](CCC(=O)NCCOCCOCC(=O)NCCOCCOCC=O)C(=O)O)C(=O)O. The van der Waals surface area contributed by atoms with Gasteiger partial charge in [0.2, 0.25) is 17.7 Å². The van der Waals surface area contributed by atoms with E-state index in [1.165, 1.54) is 13.8 Å². The van der Waals surface area contributed by atoms with Gasteiger partial charge in [-0.05, 0) is 12.8 Å². The third kappa shape index (κ3) is 20.5. The van der Waals surface area contributed by atoms with Gasteiger partial charge in [0, 0.05) is 25.4 Å². The summed E-state index contributed by atoms with van der Waals surface area (Å²) in [5.41, 5.74) is 0. The summed E-state index contributed by atoms with van der Waals surface area (Å²) in [6.07, 6.45) is 0.430. The van der Waals surface area contributed by atoms with Crippen LogP contribution >= 0.6 is 0 Å². The number of rotatable bonds is 25. The highest BCUT2D eigenvalue weighted by Gasteiger charge is 2.26. The Balaban J connectivity index is 3.85. The van der Waals surface area contributed by atoms with Crippen LogP contribution in [0.25, 0.3) is 0 Å². The molecule has 0 aliphatic carbocycles. The van der Waals surface area contributed by atoms with Gasteiger partial charge in [-0.1, -0.05) is 13.8 Å². The van der Waals surface area contributed by atoms with Crippen molar-refractivity contribution in [3.05, 3.63) is 0 Å². The first kappa shape index (κ1) is 35.9. The lowest BCUT2D eigenvalue weighted by Crippen LogP contribution is -2.44. The summed E-state index contributed by atoms with van der Waals surface area (Å²) in [6, 6.07) is -1.28. The number of carbonyl (C=O) groups is 6. The van der Waals surface area contributed by atoms with E-state index in [2.05, 4.69) is 16.0 Å². The van der Waals surface area contributed by atoms with E-state index in [4.69, 9.17) is 24.1 Å². The Morgan fingerprint density at radius 2 is 1.31 bits per heavy atom. The maximum atomic E-state index is 12.2. The third-order valence-corrected chi connectivity index (χ3v) is 5.15. The Kier molecular flexibility index (Phi) is 21.0. The molecule has 0 rings (SSSR count). The monoisotopic (exact) mass is 563 g/mol. The zero-order valence-electron chi connectivity index (χ0n) is 22.5. The van der Waals surface area contributed by atoms with Crippen LogP contribution in [0.15, 0.2) is 0 Å². The van der Waals surface area contributed by atoms with Crippen molar-refractivity contribution in [1.29, 1.82) is 0 Å². The van der Waals surface area contributed by atoms with Crippen LogP contribution in [-0.2, 0) is 47.7 Å². The zero-order valence-corrected chi connectivity index (χ0v) is 22.5. The molecule has 0 fully saturated rings. The molecule has 0 aromatic carbocycles. The van der Waals surface area contributed by atoms with Crippen molar-refractivity contribution in [2.24, 2.45) is 11.8 Å². The van der Waals surface area contributed by atoms with Crippen LogP contribution in [0.3, 0.4) is 0 Å². The summed E-state index contributed by atoms with van der Waals surface area (Å²) in [4.78, 5) is 68.2. The quantitative estimate of drug-likeness (QED) is 0.0639. The van der Waals surface area contributed by atoms with Crippen molar-refractivity contribution in [3.8, 4) is 0 Å². The molecule has 3 amide bonds. The molecule has 0 aliphatic rings. The van der Waals surface area contributed by atoms with Crippen molar-refractivity contribution < 1.29 is 57.9 Å². The highest BCUT2D eigenvalue weighted by Crippen LogP contribution is 2.13. The van der Waals surface area contributed by atoms with Crippen LogP contribution in [-0.4, -0.2) is 118 Å². The summed E-state index contributed by atoms with van der Waals surface area (Å²) >= 11 is 0. The molecule has 0 heterocycles. The van der Waals surface area contributed by atoms with Crippen LogP contribution in [0.4, 0.5) is 0 Å². The van der Waals surface area contributed by atoms with Crippen molar-refractivity contribution in [1.82, 2.24) is 16.0 Å². The van der Waals surface area contributed by atoms with Crippen LogP contribution in [0.5, 0.6) is 0 Å². The predicted octanol–water partition coefficient (Wildman–Crippen LogP) is -1.42. The number of carboxylic acids is 2. The molecule has 2 unspecified atom stereocenters.